The molecule has 0 N–H and O–H groups in total. The number of hydrogen-bond acceptors (Lipinski definition) is 4. The van der Waals surface area contributed by atoms with Crippen molar-refractivity contribution in [1.82, 2.24) is 19.4 Å². The summed E-state index contributed by atoms with van der Waals surface area (Å²) in [5.74, 6) is 0.172. The molecule has 2 saturated heterocycles. The van der Waals surface area contributed by atoms with Gasteiger partial charge in [0.05, 0.1) is 11.9 Å². The number of nitrogens with zero attached hydrogens (tertiary/aromatic N) is 4. The second kappa shape index (κ2) is 8.38. The van der Waals surface area contributed by atoms with Gasteiger partial charge in [-0.2, -0.15) is 0 Å². The van der Waals surface area contributed by atoms with E-state index in [0.717, 1.165) is 55.6 Å². The van der Waals surface area contributed by atoms with Crippen LogP contribution in [-0.4, -0.2) is 51.6 Å². The molecule has 0 spiro atoms. The van der Waals surface area contributed by atoms with Gasteiger partial charge in [-0.25, -0.2) is 14.4 Å². The number of benzene rings is 1. The maximum Gasteiger partial charge on any atom is 0.255 e. The van der Waals surface area contributed by atoms with Crippen molar-refractivity contribution in [2.24, 2.45) is 5.92 Å². The second-order valence-corrected chi connectivity index (χ2v) is 8.76. The lowest BCUT2D eigenvalue weighted by Crippen LogP contribution is -2.29. The molecule has 0 aliphatic carbocycles. The molecule has 5 rings (SSSR count). The van der Waals surface area contributed by atoms with E-state index in [-0.39, 0.29) is 11.7 Å². The fourth-order valence-electron chi connectivity index (χ4n) is 4.73. The van der Waals surface area contributed by atoms with Gasteiger partial charge in [-0.3, -0.25) is 4.79 Å². The molecule has 1 unspecified atom stereocenters. The number of carbonyl (C=O) groups excluding carboxylic acids is 1. The standard InChI is InChI=1S/C24H27FN4O2/c1-16-2-3-17(11-21(16)25)10-18-4-7-28(14-18)24(30)19-12-22-23(26-13-19)29(15-27-22)20-5-8-31-9-6-20/h2-3,11-13,15,18,20H,4-10,14H2,1H3. The number of aromatic nitrogens is 3. The van der Waals surface area contributed by atoms with Crippen LogP contribution in [0.15, 0.2) is 36.8 Å². The summed E-state index contributed by atoms with van der Waals surface area (Å²) in [5, 5.41) is 0. The van der Waals surface area contributed by atoms with Crippen LogP contribution in [0.2, 0.25) is 0 Å². The van der Waals surface area contributed by atoms with Gasteiger partial charge in [0.25, 0.3) is 5.91 Å². The molecule has 0 saturated carbocycles. The number of likely N-dealkylation sites (tertiary alicyclic amines) is 1. The molecule has 2 aliphatic rings. The number of fused-ring (bicyclic) bond motifs is 1. The SMILES string of the molecule is Cc1ccc(CC2CCN(C(=O)c3cnc4c(c3)ncn4C3CCOCC3)C2)cc1F. The Hall–Kier alpha value is -2.80. The van der Waals surface area contributed by atoms with Crippen LogP contribution < -0.4 is 0 Å². The van der Waals surface area contributed by atoms with Crippen LogP contribution in [-0.2, 0) is 11.2 Å². The summed E-state index contributed by atoms with van der Waals surface area (Å²) in [7, 11) is 0. The van der Waals surface area contributed by atoms with E-state index in [1.165, 1.54) is 0 Å². The highest BCUT2D eigenvalue weighted by Gasteiger charge is 2.28. The van der Waals surface area contributed by atoms with E-state index in [1.807, 2.05) is 29.4 Å². The van der Waals surface area contributed by atoms with Crippen molar-refractivity contribution >= 4 is 17.1 Å². The Morgan fingerprint density at radius 1 is 1.19 bits per heavy atom. The molecule has 2 fully saturated rings. The molecule has 1 atom stereocenters. The zero-order valence-electron chi connectivity index (χ0n) is 17.8. The monoisotopic (exact) mass is 422 g/mol. The van der Waals surface area contributed by atoms with Gasteiger partial charge in [-0.1, -0.05) is 12.1 Å². The average Bonchev–Trinajstić information content (AvgIpc) is 3.43. The molecule has 7 heteroatoms. The second-order valence-electron chi connectivity index (χ2n) is 8.76. The van der Waals surface area contributed by atoms with E-state index >= 15 is 0 Å². The van der Waals surface area contributed by atoms with Crippen molar-refractivity contribution < 1.29 is 13.9 Å². The van der Waals surface area contributed by atoms with Gasteiger partial charge in [0.15, 0.2) is 5.65 Å². The van der Waals surface area contributed by atoms with Crippen LogP contribution in [0.3, 0.4) is 0 Å². The topological polar surface area (TPSA) is 60.2 Å². The molecule has 3 aromatic rings. The van der Waals surface area contributed by atoms with Crippen LogP contribution in [0.5, 0.6) is 0 Å². The average molecular weight is 423 g/mol. The molecule has 0 radical (unpaired) electrons. The number of carbonyl (C=O) groups is 1. The minimum absolute atomic E-state index is 0.00685. The number of amides is 1. The van der Waals surface area contributed by atoms with Crippen molar-refractivity contribution in [3.63, 3.8) is 0 Å². The summed E-state index contributed by atoms with van der Waals surface area (Å²) in [6.07, 6.45) is 7.12. The third kappa shape index (κ3) is 4.06. The maximum atomic E-state index is 13.8. The van der Waals surface area contributed by atoms with Crippen molar-refractivity contribution in [2.75, 3.05) is 26.3 Å². The van der Waals surface area contributed by atoms with Gasteiger partial charge >= 0.3 is 0 Å². The summed E-state index contributed by atoms with van der Waals surface area (Å²) >= 11 is 0. The zero-order chi connectivity index (χ0) is 21.4. The fourth-order valence-corrected chi connectivity index (χ4v) is 4.73. The fraction of sp³-hybridized carbons (Fsp3) is 0.458. The highest BCUT2D eigenvalue weighted by atomic mass is 19.1. The van der Waals surface area contributed by atoms with Crippen LogP contribution in [0.1, 0.15) is 46.8 Å². The number of pyridine rings is 1. The Morgan fingerprint density at radius 3 is 2.84 bits per heavy atom. The van der Waals surface area contributed by atoms with Gasteiger partial charge in [-0.15, -0.1) is 0 Å². The van der Waals surface area contributed by atoms with Crippen LogP contribution >= 0.6 is 0 Å². The van der Waals surface area contributed by atoms with E-state index in [9.17, 15) is 9.18 Å². The summed E-state index contributed by atoms with van der Waals surface area (Å²) in [5.41, 5.74) is 3.80. The Morgan fingerprint density at radius 2 is 2.03 bits per heavy atom. The molecule has 2 aromatic heterocycles. The van der Waals surface area contributed by atoms with E-state index in [1.54, 1.807) is 19.2 Å². The van der Waals surface area contributed by atoms with Gasteiger partial charge in [-0.05, 0) is 61.8 Å². The molecule has 162 valence electrons. The van der Waals surface area contributed by atoms with E-state index < -0.39 is 0 Å². The van der Waals surface area contributed by atoms with E-state index in [4.69, 9.17) is 4.74 Å². The molecule has 1 amide bonds. The maximum absolute atomic E-state index is 13.8. The molecular weight excluding hydrogens is 395 g/mol. The van der Waals surface area contributed by atoms with Crippen LogP contribution in [0.4, 0.5) is 4.39 Å². The predicted molar refractivity (Wildman–Crippen MR) is 115 cm³/mol. The first kappa shape index (κ1) is 20.1. The van der Waals surface area contributed by atoms with Crippen LogP contribution in [0.25, 0.3) is 11.2 Å². The third-order valence-electron chi connectivity index (χ3n) is 6.58. The molecule has 6 nitrogen and oxygen atoms in total. The van der Waals surface area contributed by atoms with Gasteiger partial charge in [0.2, 0.25) is 0 Å². The van der Waals surface area contributed by atoms with Crippen molar-refractivity contribution in [3.05, 3.63) is 59.3 Å². The normalized spacial score (nSPS) is 19.9. The quantitative estimate of drug-likeness (QED) is 0.639. The molecule has 2 aliphatic heterocycles. The number of aryl methyl sites for hydroxylation is 1. The van der Waals surface area contributed by atoms with E-state index in [2.05, 4.69) is 14.5 Å². The first-order valence-electron chi connectivity index (χ1n) is 11.0. The minimum atomic E-state index is -0.164. The summed E-state index contributed by atoms with van der Waals surface area (Å²) in [6.45, 7) is 4.68. The summed E-state index contributed by atoms with van der Waals surface area (Å²) in [6, 6.07) is 7.62. The van der Waals surface area contributed by atoms with Gasteiger partial charge in [0, 0.05) is 38.5 Å². The Labute approximate surface area is 181 Å². The highest BCUT2D eigenvalue weighted by molar-refractivity contribution is 5.96. The minimum Gasteiger partial charge on any atom is -0.381 e. The Balaban J connectivity index is 1.27. The predicted octanol–water partition coefficient (Wildman–Crippen LogP) is 3.94. The first-order chi connectivity index (χ1) is 15.1. The van der Waals surface area contributed by atoms with Gasteiger partial charge in [0.1, 0.15) is 11.3 Å². The lowest BCUT2D eigenvalue weighted by atomic mass is 9.98. The highest BCUT2D eigenvalue weighted by Crippen LogP contribution is 2.26. The molecule has 31 heavy (non-hydrogen) atoms. The Bertz CT molecular complexity index is 1110. The lowest BCUT2D eigenvalue weighted by molar-refractivity contribution is 0.0704. The first-order valence-corrected chi connectivity index (χ1v) is 11.0. The van der Waals surface area contributed by atoms with Crippen molar-refractivity contribution in [1.29, 1.82) is 0 Å². The molecule has 4 heterocycles. The van der Waals surface area contributed by atoms with Crippen molar-refractivity contribution in [2.45, 2.75) is 38.6 Å². The van der Waals surface area contributed by atoms with Crippen molar-refractivity contribution in [3.8, 4) is 0 Å². The summed E-state index contributed by atoms with van der Waals surface area (Å²) < 4.78 is 21.4. The largest absolute Gasteiger partial charge is 0.381 e. The molecule has 1 aromatic carbocycles. The number of imidazole rings is 1. The lowest BCUT2D eigenvalue weighted by Gasteiger charge is -2.23. The van der Waals surface area contributed by atoms with E-state index in [0.29, 0.717) is 36.2 Å². The number of halogens is 1. The summed E-state index contributed by atoms with van der Waals surface area (Å²) in [4.78, 5) is 24.0. The smallest absolute Gasteiger partial charge is 0.255 e. The number of ether oxygens (including phenoxy) is 1. The third-order valence-corrected chi connectivity index (χ3v) is 6.58. The Kier molecular flexibility index (Phi) is 5.44. The van der Waals surface area contributed by atoms with Gasteiger partial charge < -0.3 is 14.2 Å². The molecule has 0 bridgehead atoms. The number of hydrogen-bond donors (Lipinski definition) is 0. The van der Waals surface area contributed by atoms with Crippen LogP contribution in [0, 0.1) is 18.7 Å². The zero-order valence-corrected chi connectivity index (χ0v) is 17.8. The number of rotatable bonds is 4. The molecular formula is C24H27FN4O2.